The van der Waals surface area contributed by atoms with Crippen LogP contribution in [-0.4, -0.2) is 43.7 Å². The minimum Gasteiger partial charge on any atom is -0.496 e. The standard InChI is InChI=1S/C19H24N2O4/c1-10(22)20-17-16(13-6-7-25-18(13)17)21-19(23)14-8-11-4-3-5-12(11)9-15(14)24-2/h8-9,13,16-18H,3-7H2,1-2H3,(H,20,22)(H,21,23)/t13-,16+,17-,18-/m0/s1. The minimum atomic E-state index is -0.158. The van der Waals surface area contributed by atoms with E-state index in [1.165, 1.54) is 18.1 Å². The molecule has 2 fully saturated rings. The van der Waals surface area contributed by atoms with Crippen LogP contribution in [0.1, 0.15) is 41.3 Å². The largest absolute Gasteiger partial charge is 0.496 e. The molecule has 0 spiro atoms. The van der Waals surface area contributed by atoms with Crippen LogP contribution in [0.25, 0.3) is 0 Å². The molecule has 6 heteroatoms. The van der Waals surface area contributed by atoms with Gasteiger partial charge >= 0.3 is 0 Å². The number of rotatable bonds is 4. The molecule has 4 rings (SSSR count). The predicted molar refractivity (Wildman–Crippen MR) is 91.7 cm³/mol. The van der Waals surface area contributed by atoms with Crippen molar-refractivity contribution < 1.29 is 19.1 Å². The van der Waals surface area contributed by atoms with Gasteiger partial charge < -0.3 is 20.1 Å². The van der Waals surface area contributed by atoms with Crippen LogP contribution in [0.15, 0.2) is 12.1 Å². The first-order valence-electron chi connectivity index (χ1n) is 8.98. The molecule has 6 nitrogen and oxygen atoms in total. The molecule has 1 saturated heterocycles. The van der Waals surface area contributed by atoms with Gasteiger partial charge in [0.05, 0.1) is 30.9 Å². The number of aryl methyl sites for hydroxylation is 2. The van der Waals surface area contributed by atoms with Gasteiger partial charge in [0.15, 0.2) is 0 Å². The number of benzene rings is 1. The van der Waals surface area contributed by atoms with Gasteiger partial charge in [0.25, 0.3) is 5.91 Å². The fourth-order valence-corrected chi connectivity index (χ4v) is 4.49. The average Bonchev–Trinajstić information content (AvgIpc) is 3.22. The number of ether oxygens (including phenoxy) is 2. The molecule has 1 aromatic carbocycles. The van der Waals surface area contributed by atoms with Crippen molar-refractivity contribution in [2.45, 2.75) is 50.8 Å². The zero-order valence-electron chi connectivity index (χ0n) is 14.6. The number of carbonyl (C=O) groups excluding carboxylic acids is 2. The van der Waals surface area contributed by atoms with Crippen LogP contribution < -0.4 is 15.4 Å². The average molecular weight is 344 g/mol. The first-order valence-corrected chi connectivity index (χ1v) is 8.98. The number of fused-ring (bicyclic) bond motifs is 2. The highest BCUT2D eigenvalue weighted by Gasteiger charge is 2.55. The van der Waals surface area contributed by atoms with Crippen LogP contribution in [0, 0.1) is 5.92 Å². The second kappa shape index (κ2) is 6.33. The first-order chi connectivity index (χ1) is 12.1. The smallest absolute Gasteiger partial charge is 0.255 e. The monoisotopic (exact) mass is 344 g/mol. The first kappa shape index (κ1) is 16.4. The van der Waals surface area contributed by atoms with E-state index in [9.17, 15) is 9.59 Å². The normalized spacial score (nSPS) is 29.4. The van der Waals surface area contributed by atoms with E-state index in [1.54, 1.807) is 7.11 Å². The van der Waals surface area contributed by atoms with Crippen molar-refractivity contribution in [3.63, 3.8) is 0 Å². The Morgan fingerprint density at radius 3 is 2.64 bits per heavy atom. The lowest BCUT2D eigenvalue weighted by molar-refractivity contribution is -0.123. The van der Waals surface area contributed by atoms with Crippen molar-refractivity contribution in [1.82, 2.24) is 10.6 Å². The maximum atomic E-state index is 12.9. The number of amides is 2. The second-order valence-electron chi connectivity index (χ2n) is 7.19. The van der Waals surface area contributed by atoms with Crippen LogP contribution >= 0.6 is 0 Å². The van der Waals surface area contributed by atoms with Crippen molar-refractivity contribution in [3.05, 3.63) is 28.8 Å². The van der Waals surface area contributed by atoms with Gasteiger partial charge in [0.1, 0.15) is 5.75 Å². The van der Waals surface area contributed by atoms with Crippen LogP contribution in [0.5, 0.6) is 5.75 Å². The molecule has 1 aliphatic heterocycles. The highest BCUT2D eigenvalue weighted by molar-refractivity contribution is 5.97. The van der Waals surface area contributed by atoms with Crippen molar-refractivity contribution in [2.24, 2.45) is 5.92 Å². The summed E-state index contributed by atoms with van der Waals surface area (Å²) >= 11 is 0. The number of nitrogens with one attached hydrogen (secondary N) is 2. The predicted octanol–water partition coefficient (Wildman–Crippen LogP) is 1.21. The van der Waals surface area contributed by atoms with E-state index in [2.05, 4.69) is 10.6 Å². The fourth-order valence-electron chi connectivity index (χ4n) is 4.49. The van der Waals surface area contributed by atoms with E-state index in [1.807, 2.05) is 12.1 Å². The Morgan fingerprint density at radius 2 is 1.92 bits per heavy atom. The molecule has 2 N–H and O–H groups in total. The SMILES string of the molecule is COc1cc2c(cc1C(=O)N[C@@H]1[C@@H]3CCO[C@@H]3[C@H]1NC(C)=O)CCC2. The maximum Gasteiger partial charge on any atom is 0.255 e. The second-order valence-corrected chi connectivity index (χ2v) is 7.19. The minimum absolute atomic E-state index is 0.0103. The van der Waals surface area contributed by atoms with Crippen molar-refractivity contribution in [3.8, 4) is 5.75 Å². The summed E-state index contributed by atoms with van der Waals surface area (Å²) in [5, 5.41) is 6.03. The number of hydrogen-bond acceptors (Lipinski definition) is 4. The maximum absolute atomic E-state index is 12.9. The van der Waals surface area contributed by atoms with Crippen molar-refractivity contribution in [2.75, 3.05) is 13.7 Å². The number of hydrogen-bond donors (Lipinski definition) is 2. The quantitative estimate of drug-likeness (QED) is 0.861. The molecule has 2 aliphatic carbocycles. The van der Waals surface area contributed by atoms with Gasteiger partial charge in [-0.1, -0.05) is 0 Å². The Morgan fingerprint density at radius 1 is 1.16 bits per heavy atom. The molecule has 4 atom stereocenters. The summed E-state index contributed by atoms with van der Waals surface area (Å²) in [6.45, 7) is 2.17. The third kappa shape index (κ3) is 2.78. The lowest BCUT2D eigenvalue weighted by Crippen LogP contribution is -2.70. The summed E-state index contributed by atoms with van der Waals surface area (Å²) in [5.41, 5.74) is 3.09. The van der Waals surface area contributed by atoms with Crippen molar-refractivity contribution >= 4 is 11.8 Å². The summed E-state index contributed by atoms with van der Waals surface area (Å²) in [6.07, 6.45) is 4.10. The highest BCUT2D eigenvalue weighted by Crippen LogP contribution is 2.39. The molecule has 0 bridgehead atoms. The third-order valence-electron chi connectivity index (χ3n) is 5.71. The fraction of sp³-hybridized carbons (Fsp3) is 0.579. The molecular weight excluding hydrogens is 320 g/mol. The summed E-state index contributed by atoms with van der Waals surface area (Å²) in [5.74, 6) is 0.638. The van der Waals surface area contributed by atoms with Crippen molar-refractivity contribution in [1.29, 1.82) is 0 Å². The topological polar surface area (TPSA) is 76.7 Å². The molecular formula is C19H24N2O4. The molecule has 0 aromatic heterocycles. The summed E-state index contributed by atoms with van der Waals surface area (Å²) in [6, 6.07) is 3.70. The zero-order chi connectivity index (χ0) is 17.6. The summed E-state index contributed by atoms with van der Waals surface area (Å²) < 4.78 is 11.1. The molecule has 1 aromatic rings. The molecule has 134 valence electrons. The van der Waals surface area contributed by atoms with E-state index in [4.69, 9.17) is 9.47 Å². The molecule has 1 saturated carbocycles. The van der Waals surface area contributed by atoms with E-state index in [0.29, 0.717) is 17.9 Å². The Hall–Kier alpha value is -2.08. The van der Waals surface area contributed by atoms with Gasteiger partial charge in [0.2, 0.25) is 5.91 Å². The third-order valence-corrected chi connectivity index (χ3v) is 5.71. The van der Waals surface area contributed by atoms with Crippen LogP contribution in [0.2, 0.25) is 0 Å². The molecule has 0 unspecified atom stereocenters. The summed E-state index contributed by atoms with van der Waals surface area (Å²) in [7, 11) is 1.59. The van der Waals surface area contributed by atoms with Crippen LogP contribution in [-0.2, 0) is 22.4 Å². The Bertz CT molecular complexity index is 718. The molecule has 25 heavy (non-hydrogen) atoms. The molecule has 3 aliphatic rings. The van der Waals surface area contributed by atoms with Gasteiger partial charge in [-0.2, -0.15) is 0 Å². The highest BCUT2D eigenvalue weighted by atomic mass is 16.5. The lowest BCUT2D eigenvalue weighted by atomic mass is 9.71. The van der Waals surface area contributed by atoms with Gasteiger partial charge in [-0.15, -0.1) is 0 Å². The van der Waals surface area contributed by atoms with Gasteiger partial charge in [-0.25, -0.2) is 0 Å². The number of methoxy groups -OCH3 is 1. The number of carbonyl (C=O) groups is 2. The van der Waals surface area contributed by atoms with Gasteiger partial charge in [-0.05, 0) is 48.9 Å². The van der Waals surface area contributed by atoms with Crippen LogP contribution in [0.3, 0.4) is 0 Å². The lowest BCUT2D eigenvalue weighted by Gasteiger charge is -2.47. The van der Waals surface area contributed by atoms with E-state index in [-0.39, 0.29) is 35.9 Å². The van der Waals surface area contributed by atoms with Gasteiger partial charge in [-0.3, -0.25) is 9.59 Å². The Kier molecular flexibility index (Phi) is 4.15. The summed E-state index contributed by atoms with van der Waals surface area (Å²) in [4.78, 5) is 24.4. The van der Waals surface area contributed by atoms with E-state index >= 15 is 0 Å². The molecule has 2 amide bonds. The van der Waals surface area contributed by atoms with Gasteiger partial charge in [0, 0.05) is 19.4 Å². The Balaban J connectivity index is 1.54. The van der Waals surface area contributed by atoms with E-state index in [0.717, 1.165) is 25.7 Å². The van der Waals surface area contributed by atoms with Crippen LogP contribution in [0.4, 0.5) is 0 Å². The zero-order valence-corrected chi connectivity index (χ0v) is 14.6. The Labute approximate surface area is 147 Å². The van der Waals surface area contributed by atoms with E-state index < -0.39 is 0 Å². The molecule has 0 radical (unpaired) electrons. The molecule has 1 heterocycles.